The van der Waals surface area contributed by atoms with E-state index in [2.05, 4.69) is 4.90 Å². The van der Waals surface area contributed by atoms with Crippen molar-refractivity contribution in [2.75, 3.05) is 12.3 Å². The normalized spacial score (nSPS) is 28.1. The van der Waals surface area contributed by atoms with Crippen LogP contribution in [0, 0.1) is 5.92 Å². The first-order chi connectivity index (χ1) is 9.24. The largest absolute Gasteiger partial charge is 0.398 e. The van der Waals surface area contributed by atoms with Crippen LogP contribution in [0.5, 0.6) is 0 Å². The number of nitrogens with zero attached hydrogens (tertiary/aromatic N) is 1. The van der Waals surface area contributed by atoms with Crippen LogP contribution in [0.3, 0.4) is 0 Å². The molecule has 1 aromatic rings. The molecule has 19 heavy (non-hydrogen) atoms. The van der Waals surface area contributed by atoms with Crippen molar-refractivity contribution in [3.63, 3.8) is 0 Å². The Hall–Kier alpha value is -0.730. The minimum Gasteiger partial charge on any atom is -0.398 e. The highest BCUT2D eigenvalue weighted by Gasteiger charge is 2.33. The topological polar surface area (TPSA) is 29.3 Å². The van der Waals surface area contributed by atoms with E-state index in [1.807, 2.05) is 18.2 Å². The van der Waals surface area contributed by atoms with Crippen molar-refractivity contribution in [1.29, 1.82) is 0 Å². The van der Waals surface area contributed by atoms with E-state index >= 15 is 0 Å². The van der Waals surface area contributed by atoms with Crippen LogP contribution in [0.4, 0.5) is 5.69 Å². The molecule has 2 unspecified atom stereocenters. The van der Waals surface area contributed by atoms with Crippen LogP contribution < -0.4 is 5.73 Å². The lowest BCUT2D eigenvalue weighted by Gasteiger charge is -2.44. The Morgan fingerprint density at radius 2 is 1.95 bits per heavy atom. The fourth-order valence-corrected chi connectivity index (χ4v) is 4.05. The summed E-state index contributed by atoms with van der Waals surface area (Å²) in [4.78, 5) is 2.65. The first-order valence-electron chi connectivity index (χ1n) is 7.52. The molecule has 2 aliphatic rings. The Labute approximate surface area is 120 Å². The van der Waals surface area contributed by atoms with E-state index in [0.29, 0.717) is 0 Å². The SMILES string of the molecule is Nc1ccc(Cl)cc1CN1CCCC2CCCCC21. The van der Waals surface area contributed by atoms with Crippen molar-refractivity contribution < 1.29 is 0 Å². The van der Waals surface area contributed by atoms with E-state index in [1.54, 1.807) is 0 Å². The van der Waals surface area contributed by atoms with Gasteiger partial charge in [0.2, 0.25) is 0 Å². The number of likely N-dealkylation sites (tertiary alicyclic amines) is 1. The number of piperidine rings is 1. The maximum Gasteiger partial charge on any atom is 0.0410 e. The quantitative estimate of drug-likeness (QED) is 0.826. The second-order valence-electron chi connectivity index (χ2n) is 6.07. The molecule has 1 aromatic carbocycles. The Morgan fingerprint density at radius 1 is 1.16 bits per heavy atom. The number of anilines is 1. The number of nitrogens with two attached hydrogens (primary N) is 1. The van der Waals surface area contributed by atoms with Gasteiger partial charge < -0.3 is 5.73 Å². The van der Waals surface area contributed by atoms with Gasteiger partial charge in [0, 0.05) is 23.3 Å². The van der Waals surface area contributed by atoms with Gasteiger partial charge >= 0.3 is 0 Å². The first kappa shape index (κ1) is 13.3. The van der Waals surface area contributed by atoms with Gasteiger partial charge in [-0.05, 0) is 61.9 Å². The Morgan fingerprint density at radius 3 is 2.84 bits per heavy atom. The van der Waals surface area contributed by atoms with Crippen molar-refractivity contribution in [3.8, 4) is 0 Å². The maximum absolute atomic E-state index is 6.10. The van der Waals surface area contributed by atoms with Gasteiger partial charge in [-0.1, -0.05) is 24.4 Å². The van der Waals surface area contributed by atoms with Crippen molar-refractivity contribution in [1.82, 2.24) is 4.90 Å². The lowest BCUT2D eigenvalue weighted by Crippen LogP contribution is -2.46. The van der Waals surface area contributed by atoms with Crippen molar-refractivity contribution >= 4 is 17.3 Å². The number of benzene rings is 1. The van der Waals surface area contributed by atoms with Gasteiger partial charge in [-0.15, -0.1) is 0 Å². The number of nitrogen functional groups attached to an aromatic ring is 1. The molecule has 2 nitrogen and oxygen atoms in total. The summed E-state index contributed by atoms with van der Waals surface area (Å²) in [6.07, 6.45) is 8.36. The van der Waals surface area contributed by atoms with E-state index in [4.69, 9.17) is 17.3 Å². The summed E-state index contributed by atoms with van der Waals surface area (Å²) < 4.78 is 0. The van der Waals surface area contributed by atoms with Crippen molar-refractivity contribution in [3.05, 3.63) is 28.8 Å². The highest BCUT2D eigenvalue weighted by atomic mass is 35.5. The average molecular weight is 279 g/mol. The minimum atomic E-state index is 0.779. The molecule has 3 rings (SSSR count). The van der Waals surface area contributed by atoms with E-state index in [-0.39, 0.29) is 0 Å². The average Bonchev–Trinajstić information content (AvgIpc) is 2.43. The van der Waals surface area contributed by atoms with Crippen LogP contribution >= 0.6 is 11.6 Å². The van der Waals surface area contributed by atoms with Crippen molar-refractivity contribution in [2.45, 2.75) is 51.1 Å². The summed E-state index contributed by atoms with van der Waals surface area (Å²) >= 11 is 6.10. The summed E-state index contributed by atoms with van der Waals surface area (Å²) in [5.41, 5.74) is 8.16. The monoisotopic (exact) mass is 278 g/mol. The molecule has 0 bridgehead atoms. The number of hydrogen-bond donors (Lipinski definition) is 1. The lowest BCUT2D eigenvalue weighted by molar-refractivity contribution is 0.0549. The zero-order chi connectivity index (χ0) is 13.2. The molecule has 1 aliphatic heterocycles. The zero-order valence-electron chi connectivity index (χ0n) is 11.4. The van der Waals surface area contributed by atoms with Gasteiger partial charge in [-0.2, -0.15) is 0 Å². The number of rotatable bonds is 2. The molecule has 0 spiro atoms. The Bertz CT molecular complexity index is 444. The third kappa shape index (κ3) is 2.90. The highest BCUT2D eigenvalue weighted by molar-refractivity contribution is 6.30. The number of fused-ring (bicyclic) bond motifs is 1. The highest BCUT2D eigenvalue weighted by Crippen LogP contribution is 2.36. The van der Waals surface area contributed by atoms with Gasteiger partial charge in [-0.3, -0.25) is 4.90 Å². The second-order valence-corrected chi connectivity index (χ2v) is 6.50. The molecule has 1 heterocycles. The molecule has 0 amide bonds. The van der Waals surface area contributed by atoms with Crippen molar-refractivity contribution in [2.24, 2.45) is 5.92 Å². The molecule has 2 fully saturated rings. The molecular formula is C16H23ClN2. The molecule has 2 atom stereocenters. The molecule has 0 aromatic heterocycles. The summed E-state index contributed by atoms with van der Waals surface area (Å²) in [5, 5.41) is 0.793. The third-order valence-corrected chi connectivity index (χ3v) is 5.07. The van der Waals surface area contributed by atoms with Gasteiger partial charge in [-0.25, -0.2) is 0 Å². The summed E-state index contributed by atoms with van der Waals surface area (Å²) in [6, 6.07) is 6.62. The maximum atomic E-state index is 6.10. The van der Waals surface area contributed by atoms with E-state index < -0.39 is 0 Å². The summed E-state index contributed by atoms with van der Waals surface area (Å²) in [5.74, 6) is 0.919. The molecule has 0 radical (unpaired) electrons. The summed E-state index contributed by atoms with van der Waals surface area (Å²) in [6.45, 7) is 2.18. The molecular weight excluding hydrogens is 256 g/mol. The molecule has 1 aliphatic carbocycles. The van der Waals surface area contributed by atoms with Gasteiger partial charge in [0.1, 0.15) is 0 Å². The van der Waals surface area contributed by atoms with Crippen LogP contribution in [0.2, 0.25) is 5.02 Å². The first-order valence-corrected chi connectivity index (χ1v) is 7.90. The predicted molar refractivity (Wildman–Crippen MR) is 81.3 cm³/mol. The third-order valence-electron chi connectivity index (χ3n) is 4.84. The molecule has 104 valence electrons. The van der Waals surface area contributed by atoms with Gasteiger partial charge in [0.25, 0.3) is 0 Å². The number of halogens is 1. The van der Waals surface area contributed by atoms with E-state index in [1.165, 1.54) is 50.6 Å². The molecule has 3 heteroatoms. The smallest absolute Gasteiger partial charge is 0.0410 e. The van der Waals surface area contributed by atoms with Crippen LogP contribution in [-0.2, 0) is 6.54 Å². The minimum absolute atomic E-state index is 0.779. The fraction of sp³-hybridized carbons (Fsp3) is 0.625. The fourth-order valence-electron chi connectivity index (χ4n) is 3.85. The standard InChI is InChI=1S/C16H23ClN2/c17-14-7-8-15(18)13(10-14)11-19-9-3-5-12-4-1-2-6-16(12)19/h7-8,10,12,16H,1-6,9,11,18H2. The van der Waals surface area contributed by atoms with Gasteiger partial charge in [0.15, 0.2) is 0 Å². The molecule has 1 saturated carbocycles. The Balaban J connectivity index is 1.75. The molecule has 1 saturated heterocycles. The number of hydrogen-bond acceptors (Lipinski definition) is 2. The van der Waals surface area contributed by atoms with Crippen LogP contribution in [0.15, 0.2) is 18.2 Å². The van der Waals surface area contributed by atoms with Crippen LogP contribution in [0.1, 0.15) is 44.1 Å². The molecule has 2 N–H and O–H groups in total. The Kier molecular flexibility index (Phi) is 3.99. The second kappa shape index (κ2) is 5.72. The van der Waals surface area contributed by atoms with Crippen LogP contribution in [-0.4, -0.2) is 17.5 Å². The zero-order valence-corrected chi connectivity index (χ0v) is 12.2. The predicted octanol–water partition coefficient (Wildman–Crippen LogP) is 4.08. The van der Waals surface area contributed by atoms with E-state index in [9.17, 15) is 0 Å². The lowest BCUT2D eigenvalue weighted by atomic mass is 9.78. The van der Waals surface area contributed by atoms with Gasteiger partial charge in [0.05, 0.1) is 0 Å². The van der Waals surface area contributed by atoms with E-state index in [0.717, 1.165) is 29.2 Å². The summed E-state index contributed by atoms with van der Waals surface area (Å²) in [7, 11) is 0. The van der Waals surface area contributed by atoms with Crippen LogP contribution in [0.25, 0.3) is 0 Å².